The highest BCUT2D eigenvalue weighted by atomic mass is 16.5. The first-order valence-electron chi connectivity index (χ1n) is 7.31. The molecule has 0 radical (unpaired) electrons. The molecule has 4 aromatic rings. The van der Waals surface area contributed by atoms with Crippen molar-refractivity contribution in [2.45, 2.75) is 13.0 Å². The van der Waals surface area contributed by atoms with Gasteiger partial charge >= 0.3 is 0 Å². The van der Waals surface area contributed by atoms with Gasteiger partial charge in [0.25, 0.3) is 5.56 Å². The molecule has 0 amide bonds. The van der Waals surface area contributed by atoms with E-state index in [-0.39, 0.29) is 5.56 Å². The van der Waals surface area contributed by atoms with Crippen LogP contribution in [-0.2, 0) is 0 Å². The van der Waals surface area contributed by atoms with Gasteiger partial charge in [-0.2, -0.15) is 10.1 Å². The van der Waals surface area contributed by atoms with Crippen molar-refractivity contribution in [3.8, 4) is 11.5 Å². The number of fused-ring (bicyclic) bond motifs is 1. The van der Waals surface area contributed by atoms with E-state index >= 15 is 0 Å². The average molecular weight is 320 g/mol. The van der Waals surface area contributed by atoms with E-state index in [1.54, 1.807) is 43.5 Å². The Morgan fingerprint density at radius 1 is 1.17 bits per heavy atom. The number of nitrogens with zero attached hydrogens (tertiary/aromatic N) is 6. The third-order valence-corrected chi connectivity index (χ3v) is 3.71. The highest BCUT2D eigenvalue weighted by molar-refractivity contribution is 5.76. The zero-order valence-electron chi connectivity index (χ0n) is 12.7. The number of rotatable bonds is 3. The second kappa shape index (κ2) is 5.65. The molecule has 8 nitrogen and oxygen atoms in total. The van der Waals surface area contributed by atoms with E-state index < -0.39 is 6.04 Å². The molecule has 0 aliphatic carbocycles. The van der Waals surface area contributed by atoms with Crippen LogP contribution in [0.5, 0.6) is 0 Å². The van der Waals surface area contributed by atoms with Gasteiger partial charge in [-0.05, 0) is 31.2 Å². The molecular weight excluding hydrogens is 308 g/mol. The minimum atomic E-state index is -0.451. The van der Waals surface area contributed by atoms with Crippen molar-refractivity contribution in [2.75, 3.05) is 0 Å². The summed E-state index contributed by atoms with van der Waals surface area (Å²) in [5, 5.41) is 12.2. The number of benzene rings is 1. The standard InChI is InChI=1S/C16H12N6O2/c1-10(15-19-14(21-24-15)13-7-4-8-18-20-13)22-9-17-12-6-3-2-5-11(12)16(22)23/h2-10H,1H3/t10-/m1/s1. The minimum absolute atomic E-state index is 0.160. The van der Waals surface area contributed by atoms with Gasteiger partial charge in [-0.1, -0.05) is 17.3 Å². The molecule has 0 spiro atoms. The molecule has 0 bridgehead atoms. The van der Waals surface area contributed by atoms with Crippen molar-refractivity contribution in [1.82, 2.24) is 29.9 Å². The minimum Gasteiger partial charge on any atom is -0.337 e. The molecule has 0 saturated heterocycles. The summed E-state index contributed by atoms with van der Waals surface area (Å²) < 4.78 is 6.75. The Morgan fingerprint density at radius 3 is 2.88 bits per heavy atom. The maximum absolute atomic E-state index is 12.6. The molecule has 1 atom stereocenters. The van der Waals surface area contributed by atoms with E-state index in [0.717, 1.165) is 0 Å². The Labute approximate surface area is 135 Å². The normalized spacial score (nSPS) is 12.4. The average Bonchev–Trinajstić information content (AvgIpc) is 3.13. The number of hydrogen-bond acceptors (Lipinski definition) is 7. The number of para-hydroxylation sites is 1. The van der Waals surface area contributed by atoms with Crippen LogP contribution in [0.1, 0.15) is 18.9 Å². The Hall–Kier alpha value is -3.42. The van der Waals surface area contributed by atoms with Crippen LogP contribution >= 0.6 is 0 Å². The number of hydrogen-bond donors (Lipinski definition) is 0. The van der Waals surface area contributed by atoms with Crippen LogP contribution in [0.25, 0.3) is 22.4 Å². The molecule has 4 rings (SSSR count). The summed E-state index contributed by atoms with van der Waals surface area (Å²) in [6.07, 6.45) is 3.05. The lowest BCUT2D eigenvalue weighted by Gasteiger charge is -2.10. The van der Waals surface area contributed by atoms with Crippen LogP contribution < -0.4 is 5.56 Å². The van der Waals surface area contributed by atoms with Gasteiger partial charge in [0, 0.05) is 6.20 Å². The number of aromatic nitrogens is 6. The molecule has 0 fully saturated rings. The largest absolute Gasteiger partial charge is 0.337 e. The van der Waals surface area contributed by atoms with Gasteiger partial charge in [-0.15, -0.1) is 5.10 Å². The lowest BCUT2D eigenvalue weighted by atomic mass is 10.2. The lowest BCUT2D eigenvalue weighted by molar-refractivity contribution is 0.342. The van der Waals surface area contributed by atoms with Gasteiger partial charge in [0.15, 0.2) is 0 Å². The molecule has 118 valence electrons. The van der Waals surface area contributed by atoms with E-state index in [9.17, 15) is 4.79 Å². The molecular formula is C16H12N6O2. The fraction of sp³-hybridized carbons (Fsp3) is 0.125. The van der Waals surface area contributed by atoms with Crippen LogP contribution in [0.15, 0.2) is 58.2 Å². The summed E-state index contributed by atoms with van der Waals surface area (Å²) in [7, 11) is 0. The molecule has 0 saturated carbocycles. The van der Waals surface area contributed by atoms with E-state index in [1.165, 1.54) is 10.9 Å². The van der Waals surface area contributed by atoms with Crippen molar-refractivity contribution in [2.24, 2.45) is 0 Å². The second-order valence-electron chi connectivity index (χ2n) is 5.22. The van der Waals surface area contributed by atoms with Gasteiger partial charge in [0.05, 0.1) is 17.2 Å². The van der Waals surface area contributed by atoms with Crippen LogP contribution in [0.3, 0.4) is 0 Å². The fourth-order valence-electron chi connectivity index (χ4n) is 2.41. The third-order valence-electron chi connectivity index (χ3n) is 3.71. The molecule has 3 aromatic heterocycles. The lowest BCUT2D eigenvalue weighted by Crippen LogP contribution is -2.24. The Morgan fingerprint density at radius 2 is 2.04 bits per heavy atom. The summed E-state index contributed by atoms with van der Waals surface area (Å²) >= 11 is 0. The molecule has 0 aliphatic heterocycles. The third kappa shape index (κ3) is 2.34. The zero-order valence-corrected chi connectivity index (χ0v) is 12.7. The first kappa shape index (κ1) is 14.2. The van der Waals surface area contributed by atoms with Crippen LogP contribution in [0.2, 0.25) is 0 Å². The van der Waals surface area contributed by atoms with Crippen LogP contribution in [0, 0.1) is 0 Å². The first-order valence-corrected chi connectivity index (χ1v) is 7.31. The van der Waals surface area contributed by atoms with Gasteiger partial charge in [-0.3, -0.25) is 9.36 Å². The molecule has 8 heteroatoms. The van der Waals surface area contributed by atoms with Crippen LogP contribution in [0.4, 0.5) is 0 Å². The quantitative estimate of drug-likeness (QED) is 0.568. The summed E-state index contributed by atoms with van der Waals surface area (Å²) in [4.78, 5) is 21.2. The summed E-state index contributed by atoms with van der Waals surface area (Å²) in [6.45, 7) is 1.80. The van der Waals surface area contributed by atoms with E-state index in [4.69, 9.17) is 4.52 Å². The molecule has 3 heterocycles. The maximum Gasteiger partial charge on any atom is 0.261 e. The Bertz CT molecular complexity index is 1060. The predicted octanol–water partition coefficient (Wildman–Crippen LogP) is 1.85. The molecule has 0 N–H and O–H groups in total. The smallest absolute Gasteiger partial charge is 0.261 e. The topological polar surface area (TPSA) is 99.6 Å². The maximum atomic E-state index is 12.6. The SMILES string of the molecule is C[C@H](c1nc(-c2cccnn2)no1)n1cnc2ccccc2c1=O. The van der Waals surface area contributed by atoms with E-state index in [0.29, 0.717) is 28.3 Å². The fourth-order valence-corrected chi connectivity index (χ4v) is 2.41. The summed E-state index contributed by atoms with van der Waals surface area (Å²) in [5.74, 6) is 0.626. The monoisotopic (exact) mass is 320 g/mol. The Balaban J connectivity index is 1.75. The first-order chi connectivity index (χ1) is 11.7. The second-order valence-corrected chi connectivity index (χ2v) is 5.22. The zero-order chi connectivity index (χ0) is 16.5. The predicted molar refractivity (Wildman–Crippen MR) is 85.1 cm³/mol. The van der Waals surface area contributed by atoms with Crippen molar-refractivity contribution >= 4 is 10.9 Å². The van der Waals surface area contributed by atoms with E-state index in [2.05, 4.69) is 25.3 Å². The summed E-state index contributed by atoms with van der Waals surface area (Å²) in [5.41, 5.74) is 0.993. The molecule has 1 aromatic carbocycles. The molecule has 24 heavy (non-hydrogen) atoms. The van der Waals surface area contributed by atoms with Crippen LogP contribution in [-0.4, -0.2) is 29.9 Å². The van der Waals surface area contributed by atoms with Gasteiger partial charge < -0.3 is 4.52 Å². The van der Waals surface area contributed by atoms with Gasteiger partial charge in [0.2, 0.25) is 11.7 Å². The van der Waals surface area contributed by atoms with E-state index in [1.807, 2.05) is 6.07 Å². The highest BCUT2D eigenvalue weighted by Gasteiger charge is 2.19. The summed E-state index contributed by atoms with van der Waals surface area (Å²) in [6, 6.07) is 10.2. The Kier molecular flexibility index (Phi) is 3.34. The highest BCUT2D eigenvalue weighted by Crippen LogP contribution is 2.18. The van der Waals surface area contributed by atoms with Crippen molar-refractivity contribution in [1.29, 1.82) is 0 Å². The van der Waals surface area contributed by atoms with Crippen molar-refractivity contribution in [3.63, 3.8) is 0 Å². The molecule has 0 unspecified atom stereocenters. The van der Waals surface area contributed by atoms with Gasteiger partial charge in [-0.25, -0.2) is 4.98 Å². The van der Waals surface area contributed by atoms with Crippen molar-refractivity contribution < 1.29 is 4.52 Å². The van der Waals surface area contributed by atoms with Gasteiger partial charge in [0.1, 0.15) is 11.7 Å². The van der Waals surface area contributed by atoms with Crippen molar-refractivity contribution in [3.05, 3.63) is 65.2 Å². The molecule has 0 aliphatic rings.